The standard InChI is InChI=1S/C15H11F2N3O/c1-8-2-4-10(5-3-8)19-20-14-11-6-9(16)7-12(17)13(11)18-15(14)21/h2-7,18,21H,1H3. The van der Waals surface area contributed by atoms with E-state index >= 15 is 0 Å². The van der Waals surface area contributed by atoms with Crippen molar-refractivity contribution in [1.82, 2.24) is 4.98 Å². The summed E-state index contributed by atoms with van der Waals surface area (Å²) in [6.07, 6.45) is 0. The molecule has 1 heterocycles. The van der Waals surface area contributed by atoms with E-state index in [2.05, 4.69) is 15.2 Å². The van der Waals surface area contributed by atoms with Gasteiger partial charge in [-0.15, -0.1) is 5.11 Å². The van der Waals surface area contributed by atoms with Crippen LogP contribution in [0.1, 0.15) is 5.56 Å². The summed E-state index contributed by atoms with van der Waals surface area (Å²) in [6, 6.07) is 9.07. The summed E-state index contributed by atoms with van der Waals surface area (Å²) in [5.74, 6) is -1.90. The SMILES string of the molecule is Cc1ccc(N=Nc2c(O)[nH]c3c(F)cc(F)cc23)cc1. The molecule has 0 atom stereocenters. The van der Waals surface area contributed by atoms with Crippen LogP contribution in [-0.2, 0) is 0 Å². The Morgan fingerprint density at radius 3 is 2.48 bits per heavy atom. The van der Waals surface area contributed by atoms with Crippen molar-refractivity contribution < 1.29 is 13.9 Å². The summed E-state index contributed by atoms with van der Waals surface area (Å²) in [5, 5.41) is 17.8. The van der Waals surface area contributed by atoms with Gasteiger partial charge >= 0.3 is 0 Å². The van der Waals surface area contributed by atoms with Crippen molar-refractivity contribution in [2.24, 2.45) is 10.2 Å². The van der Waals surface area contributed by atoms with E-state index in [1.807, 2.05) is 19.1 Å². The molecule has 1 aromatic heterocycles. The van der Waals surface area contributed by atoms with E-state index < -0.39 is 11.6 Å². The summed E-state index contributed by atoms with van der Waals surface area (Å²) in [4.78, 5) is 2.43. The first-order chi connectivity index (χ1) is 10.0. The van der Waals surface area contributed by atoms with Crippen molar-refractivity contribution in [2.45, 2.75) is 6.92 Å². The monoisotopic (exact) mass is 287 g/mol. The number of halogens is 2. The highest BCUT2D eigenvalue weighted by Gasteiger charge is 2.15. The summed E-state index contributed by atoms with van der Waals surface area (Å²) in [6.45, 7) is 1.94. The minimum Gasteiger partial charge on any atom is -0.493 e. The van der Waals surface area contributed by atoms with Crippen LogP contribution in [0.3, 0.4) is 0 Å². The van der Waals surface area contributed by atoms with Crippen LogP contribution in [0.4, 0.5) is 20.2 Å². The number of nitrogens with one attached hydrogen (secondary N) is 1. The Labute approximate surface area is 118 Å². The molecule has 2 N–H and O–H groups in total. The molecule has 0 saturated heterocycles. The van der Waals surface area contributed by atoms with Crippen molar-refractivity contribution in [2.75, 3.05) is 0 Å². The molecule has 0 radical (unpaired) electrons. The zero-order chi connectivity index (χ0) is 15.0. The predicted octanol–water partition coefficient (Wildman–Crippen LogP) is 4.88. The third kappa shape index (κ3) is 2.47. The highest BCUT2D eigenvalue weighted by atomic mass is 19.1. The molecule has 21 heavy (non-hydrogen) atoms. The van der Waals surface area contributed by atoms with Crippen molar-refractivity contribution in [1.29, 1.82) is 0 Å². The van der Waals surface area contributed by atoms with Gasteiger partial charge in [0.2, 0.25) is 5.88 Å². The summed E-state index contributed by atoms with van der Waals surface area (Å²) in [7, 11) is 0. The largest absolute Gasteiger partial charge is 0.493 e. The molecular weight excluding hydrogens is 276 g/mol. The highest BCUT2D eigenvalue weighted by molar-refractivity contribution is 5.94. The van der Waals surface area contributed by atoms with Crippen molar-refractivity contribution in [3.05, 3.63) is 53.6 Å². The van der Waals surface area contributed by atoms with Gasteiger partial charge in [-0.1, -0.05) is 17.7 Å². The lowest BCUT2D eigenvalue weighted by Gasteiger charge is -1.95. The molecule has 0 unspecified atom stereocenters. The van der Waals surface area contributed by atoms with Gasteiger partial charge in [0, 0.05) is 11.5 Å². The van der Waals surface area contributed by atoms with Crippen LogP contribution in [-0.4, -0.2) is 10.1 Å². The number of aryl methyl sites for hydroxylation is 1. The van der Waals surface area contributed by atoms with E-state index in [4.69, 9.17) is 0 Å². The highest BCUT2D eigenvalue weighted by Crippen LogP contribution is 2.37. The van der Waals surface area contributed by atoms with Crippen LogP contribution in [0.2, 0.25) is 0 Å². The first-order valence-electron chi connectivity index (χ1n) is 6.22. The Kier molecular flexibility index (Phi) is 3.13. The molecule has 106 valence electrons. The second-order valence-corrected chi connectivity index (χ2v) is 4.67. The molecule has 6 heteroatoms. The van der Waals surface area contributed by atoms with E-state index in [9.17, 15) is 13.9 Å². The lowest BCUT2D eigenvalue weighted by molar-refractivity contribution is 0.459. The molecule has 0 fully saturated rings. The maximum atomic E-state index is 13.6. The summed E-state index contributed by atoms with van der Waals surface area (Å²) >= 11 is 0. The van der Waals surface area contributed by atoms with Crippen molar-refractivity contribution >= 4 is 22.3 Å². The van der Waals surface area contributed by atoms with Gasteiger partial charge in [-0.2, -0.15) is 5.11 Å². The molecule has 0 aliphatic heterocycles. The number of aromatic hydroxyl groups is 1. The maximum Gasteiger partial charge on any atom is 0.218 e. The Bertz CT molecular complexity index is 838. The number of fused-ring (bicyclic) bond motifs is 1. The molecule has 0 aliphatic rings. The third-order valence-corrected chi connectivity index (χ3v) is 3.08. The number of hydrogen-bond donors (Lipinski definition) is 2. The van der Waals surface area contributed by atoms with Crippen molar-refractivity contribution in [3.63, 3.8) is 0 Å². The van der Waals surface area contributed by atoms with Gasteiger partial charge in [-0.05, 0) is 25.1 Å². The molecule has 0 saturated carbocycles. The van der Waals surface area contributed by atoms with Crippen LogP contribution in [0.25, 0.3) is 10.9 Å². The summed E-state index contributed by atoms with van der Waals surface area (Å²) in [5.41, 5.74) is 1.65. The van der Waals surface area contributed by atoms with Crippen LogP contribution in [0.15, 0.2) is 46.6 Å². The molecular formula is C15H11F2N3O. The molecule has 0 aliphatic carbocycles. The maximum absolute atomic E-state index is 13.6. The fourth-order valence-electron chi connectivity index (χ4n) is 2.01. The first kappa shape index (κ1) is 13.2. The number of H-pyrrole nitrogens is 1. The number of azo groups is 1. The second-order valence-electron chi connectivity index (χ2n) is 4.67. The Balaban J connectivity index is 2.08. The number of nitrogens with zero attached hydrogens (tertiary/aromatic N) is 2. The molecule has 0 bridgehead atoms. The molecule has 3 rings (SSSR count). The lowest BCUT2D eigenvalue weighted by atomic mass is 10.2. The van der Waals surface area contributed by atoms with Gasteiger partial charge in [-0.3, -0.25) is 0 Å². The number of benzene rings is 2. The number of aromatic amines is 1. The Morgan fingerprint density at radius 2 is 1.76 bits per heavy atom. The predicted molar refractivity (Wildman–Crippen MR) is 75.2 cm³/mol. The van der Waals surface area contributed by atoms with E-state index in [1.54, 1.807) is 12.1 Å². The van der Waals surface area contributed by atoms with E-state index in [1.165, 1.54) is 0 Å². The summed E-state index contributed by atoms with van der Waals surface area (Å²) < 4.78 is 26.9. The number of hydrogen-bond acceptors (Lipinski definition) is 3. The van der Waals surface area contributed by atoms with Gasteiger partial charge in [0.1, 0.15) is 11.6 Å². The van der Waals surface area contributed by atoms with Crippen LogP contribution in [0, 0.1) is 18.6 Å². The average Bonchev–Trinajstić information content (AvgIpc) is 2.75. The lowest BCUT2D eigenvalue weighted by Crippen LogP contribution is -1.80. The van der Waals surface area contributed by atoms with E-state index in [-0.39, 0.29) is 22.5 Å². The fourth-order valence-corrected chi connectivity index (χ4v) is 2.01. The molecule has 0 spiro atoms. The smallest absolute Gasteiger partial charge is 0.218 e. The van der Waals surface area contributed by atoms with Gasteiger partial charge < -0.3 is 10.1 Å². The quantitative estimate of drug-likeness (QED) is 0.648. The first-order valence-corrected chi connectivity index (χ1v) is 6.22. The Morgan fingerprint density at radius 1 is 1.05 bits per heavy atom. The average molecular weight is 287 g/mol. The molecule has 3 aromatic rings. The zero-order valence-corrected chi connectivity index (χ0v) is 11.1. The van der Waals surface area contributed by atoms with Gasteiger partial charge in [0.05, 0.1) is 11.2 Å². The van der Waals surface area contributed by atoms with Crippen LogP contribution >= 0.6 is 0 Å². The minimum absolute atomic E-state index is 0.00368. The van der Waals surface area contributed by atoms with Gasteiger partial charge in [-0.25, -0.2) is 8.78 Å². The number of rotatable bonds is 2. The van der Waals surface area contributed by atoms with Gasteiger partial charge in [0.15, 0.2) is 5.69 Å². The minimum atomic E-state index is -0.794. The Hall–Kier alpha value is -2.76. The van der Waals surface area contributed by atoms with Gasteiger partial charge in [0.25, 0.3) is 0 Å². The molecule has 2 aromatic carbocycles. The normalized spacial score (nSPS) is 11.6. The molecule has 4 nitrogen and oxygen atoms in total. The van der Waals surface area contributed by atoms with E-state index in [0.29, 0.717) is 5.69 Å². The van der Waals surface area contributed by atoms with Crippen LogP contribution < -0.4 is 0 Å². The van der Waals surface area contributed by atoms with E-state index in [0.717, 1.165) is 17.7 Å². The van der Waals surface area contributed by atoms with Crippen LogP contribution in [0.5, 0.6) is 5.88 Å². The fraction of sp³-hybridized carbons (Fsp3) is 0.0667. The zero-order valence-electron chi connectivity index (χ0n) is 11.1. The molecule has 0 amide bonds. The third-order valence-electron chi connectivity index (χ3n) is 3.08. The topological polar surface area (TPSA) is 60.7 Å². The number of aromatic nitrogens is 1. The second kappa shape index (κ2) is 4.97. The van der Waals surface area contributed by atoms with Crippen molar-refractivity contribution in [3.8, 4) is 5.88 Å².